The van der Waals surface area contributed by atoms with Gasteiger partial charge in [0.25, 0.3) is 15.6 Å². The van der Waals surface area contributed by atoms with Crippen LogP contribution in [0.4, 0.5) is 5.82 Å². The molecule has 16 nitrogen and oxygen atoms in total. The summed E-state index contributed by atoms with van der Waals surface area (Å²) in [6.07, 6.45) is -1.42. The molecular weight excluding hydrogens is 474 g/mol. The summed E-state index contributed by atoms with van der Waals surface area (Å²) in [6, 6.07) is 0. The molecule has 0 bridgehead atoms. The van der Waals surface area contributed by atoms with Gasteiger partial charge in [0.2, 0.25) is 0 Å². The molecule has 0 aliphatic carbocycles. The zero-order valence-corrected chi connectivity index (χ0v) is 21.4. The Hall–Kier alpha value is 0.450. The fourth-order valence-corrected chi connectivity index (χ4v) is 3.34. The summed E-state index contributed by atoms with van der Waals surface area (Å²) in [5.74, 6) is 0.218. The second-order valence-corrected chi connectivity index (χ2v) is 7.86. The van der Waals surface area contributed by atoms with Crippen molar-refractivity contribution in [2.45, 2.75) is 24.5 Å². The fourth-order valence-electron chi connectivity index (χ4n) is 2.30. The molecule has 20 heteroatoms. The number of nitrogens with two attached hydrogens (primary N) is 1. The van der Waals surface area contributed by atoms with E-state index >= 15 is 0 Å². The van der Waals surface area contributed by atoms with Crippen molar-refractivity contribution >= 4 is 32.6 Å². The average Bonchev–Trinajstić information content (AvgIpc) is 3.08. The minimum atomic E-state index is -5.36. The molecule has 2 aromatic rings. The summed E-state index contributed by atoms with van der Waals surface area (Å²) in [5, 5.41) is 28.7. The summed E-state index contributed by atoms with van der Waals surface area (Å²) in [7, 11) is -10.7. The largest absolute Gasteiger partial charge is 1.00 e. The molecular formula is C10H15N5Na2O11P2. The Morgan fingerprint density at radius 1 is 1.13 bits per heavy atom. The van der Waals surface area contributed by atoms with E-state index in [0.29, 0.717) is 11.2 Å². The van der Waals surface area contributed by atoms with E-state index < -0.39 is 46.8 Å². The van der Waals surface area contributed by atoms with Crippen molar-refractivity contribution in [2.75, 3.05) is 12.3 Å². The van der Waals surface area contributed by atoms with E-state index in [1.54, 1.807) is 0 Å². The van der Waals surface area contributed by atoms with Gasteiger partial charge >= 0.3 is 59.1 Å². The van der Waals surface area contributed by atoms with Gasteiger partial charge in [0.15, 0.2) is 17.7 Å². The van der Waals surface area contributed by atoms with Crippen molar-refractivity contribution in [1.82, 2.24) is 19.5 Å². The van der Waals surface area contributed by atoms with E-state index in [4.69, 9.17) is 25.4 Å². The minimum Gasteiger partial charge on any atom is -0.756 e. The zero-order valence-electron chi connectivity index (χ0n) is 15.6. The summed E-state index contributed by atoms with van der Waals surface area (Å²) in [5.41, 5.74) is 6.44. The van der Waals surface area contributed by atoms with Gasteiger partial charge in [-0.25, -0.2) is 19.3 Å². The number of fused-ring (bicyclic) bond motifs is 1. The monoisotopic (exact) mass is 489 g/mol. The van der Waals surface area contributed by atoms with Gasteiger partial charge in [-0.2, -0.15) is 0 Å². The second kappa shape index (κ2) is 12.1. The third kappa shape index (κ3) is 8.10. The number of aliphatic hydroxyl groups excluding tert-OH is 3. The van der Waals surface area contributed by atoms with Crippen molar-refractivity contribution in [3.8, 4) is 0 Å². The number of imidazole rings is 1. The summed E-state index contributed by atoms with van der Waals surface area (Å²) >= 11 is 0. The number of rotatable bonds is 4. The number of hydrogen-bond acceptors (Lipinski definition) is 13. The predicted molar refractivity (Wildman–Crippen MR) is 83.5 cm³/mol. The Bertz CT molecular complexity index is 903. The van der Waals surface area contributed by atoms with Crippen LogP contribution in [0.1, 0.15) is 6.23 Å². The van der Waals surface area contributed by atoms with Crippen LogP contribution in [-0.2, 0) is 18.2 Å². The first-order valence-corrected chi connectivity index (χ1v) is 10.2. The van der Waals surface area contributed by atoms with Crippen LogP contribution in [0, 0.1) is 0 Å². The Morgan fingerprint density at radius 2 is 1.70 bits per heavy atom. The van der Waals surface area contributed by atoms with E-state index in [1.807, 2.05) is 0 Å². The number of nitrogen functional groups attached to an aromatic ring is 1. The third-order valence-electron chi connectivity index (χ3n) is 3.38. The summed E-state index contributed by atoms with van der Waals surface area (Å²) < 4.78 is 28.5. The van der Waals surface area contributed by atoms with Crippen LogP contribution in [0.5, 0.6) is 0 Å². The molecule has 2 unspecified atom stereocenters. The number of hydrogen-bond donors (Lipinski definition) is 6. The molecule has 3 rings (SSSR count). The maximum absolute atomic E-state index is 9.95. The predicted octanol–water partition coefficient (Wildman–Crippen LogP) is -10.0. The van der Waals surface area contributed by atoms with Crippen LogP contribution in [0.25, 0.3) is 11.2 Å². The molecule has 0 spiro atoms. The van der Waals surface area contributed by atoms with Gasteiger partial charge in [0.05, 0.1) is 12.9 Å². The molecule has 158 valence electrons. The average molecular weight is 489 g/mol. The zero-order chi connectivity index (χ0) is 21.3. The number of nitrogens with zero attached hydrogens (tertiary/aromatic N) is 4. The van der Waals surface area contributed by atoms with E-state index in [1.165, 1.54) is 17.2 Å². The molecule has 6 atom stereocenters. The smallest absolute Gasteiger partial charge is 0.756 e. The second-order valence-electron chi connectivity index (χ2n) is 5.33. The molecule has 0 aromatic carbocycles. The molecule has 30 heavy (non-hydrogen) atoms. The van der Waals surface area contributed by atoms with Crippen molar-refractivity contribution < 1.29 is 112 Å². The number of ether oxygens (including phenoxy) is 1. The van der Waals surface area contributed by atoms with E-state index in [2.05, 4.69) is 19.3 Å². The molecule has 3 heterocycles. The first kappa shape index (κ1) is 30.4. The SMILES string of the molecule is Nc1ncnc2c1ncn2[C@@H]1O[C@H](CO)[C@@H](O)[C@H]1O.O=P([O-])(O)OP(=O)([O-])O.[Na+].[Na+]. The third-order valence-corrected chi connectivity index (χ3v) is 5.04. The molecule has 0 saturated carbocycles. The van der Waals surface area contributed by atoms with Crippen LogP contribution < -0.4 is 74.6 Å². The van der Waals surface area contributed by atoms with Crippen molar-refractivity contribution in [1.29, 1.82) is 0 Å². The van der Waals surface area contributed by atoms with Gasteiger partial charge in [-0.05, 0) is 0 Å². The quantitative estimate of drug-likeness (QED) is 0.172. The van der Waals surface area contributed by atoms with Crippen LogP contribution in [0.3, 0.4) is 0 Å². The van der Waals surface area contributed by atoms with Crippen LogP contribution in [0.2, 0.25) is 0 Å². The molecule has 1 fully saturated rings. The molecule has 2 aromatic heterocycles. The van der Waals surface area contributed by atoms with E-state index in [-0.39, 0.29) is 64.9 Å². The van der Waals surface area contributed by atoms with Crippen molar-refractivity contribution in [3.63, 3.8) is 0 Å². The van der Waals surface area contributed by atoms with Crippen LogP contribution in [-0.4, -0.2) is 69.5 Å². The molecule has 1 saturated heterocycles. The van der Waals surface area contributed by atoms with Crippen molar-refractivity contribution in [2.24, 2.45) is 0 Å². The Kier molecular flexibility index (Phi) is 12.2. The maximum atomic E-state index is 9.95. The first-order chi connectivity index (χ1) is 12.8. The standard InChI is InChI=1S/C10H13N5O4.2Na.H4O7P2/c11-8-5-9(13-2-12-8)15(3-14-5)10-7(18)6(17)4(1-16)19-10;;;1-8(2,3)7-9(4,5)6/h2-4,6-7,10,16-18H,1H2,(H2,11,12,13);;;(H2,1,2,3)(H2,4,5,6)/q;2*+1;/p-2/t4-,6-,7-,10-;;;/m1.../s1. The first-order valence-electron chi connectivity index (χ1n) is 7.18. The minimum absolute atomic E-state index is 0. The molecule has 1 aliphatic heterocycles. The number of aromatic nitrogens is 4. The van der Waals surface area contributed by atoms with Gasteiger partial charge < -0.3 is 45.4 Å². The molecule has 0 amide bonds. The normalized spacial score (nSPS) is 27.0. The van der Waals surface area contributed by atoms with Gasteiger partial charge in [-0.15, -0.1) is 0 Å². The fraction of sp³-hybridized carbons (Fsp3) is 0.500. The van der Waals surface area contributed by atoms with Gasteiger partial charge in [-0.3, -0.25) is 13.7 Å². The maximum Gasteiger partial charge on any atom is 1.00 e. The Balaban J connectivity index is 0.000000664. The van der Waals surface area contributed by atoms with Crippen LogP contribution in [0.15, 0.2) is 12.7 Å². The Labute approximate surface area is 212 Å². The van der Waals surface area contributed by atoms with E-state index in [0.717, 1.165) is 0 Å². The molecule has 0 radical (unpaired) electrons. The molecule has 7 N–H and O–H groups in total. The van der Waals surface area contributed by atoms with Gasteiger partial charge in [0, 0.05) is 0 Å². The molecule has 1 aliphatic rings. The summed E-state index contributed by atoms with van der Waals surface area (Å²) in [4.78, 5) is 46.0. The van der Waals surface area contributed by atoms with Gasteiger partial charge in [0.1, 0.15) is 30.2 Å². The van der Waals surface area contributed by atoms with Crippen LogP contribution >= 0.6 is 15.6 Å². The van der Waals surface area contributed by atoms with Gasteiger partial charge in [-0.1, -0.05) is 0 Å². The Morgan fingerprint density at radius 3 is 2.13 bits per heavy atom. The van der Waals surface area contributed by atoms with E-state index in [9.17, 15) is 29.1 Å². The van der Waals surface area contributed by atoms with Crippen molar-refractivity contribution in [3.05, 3.63) is 12.7 Å². The number of anilines is 1. The number of aliphatic hydroxyl groups is 3. The summed E-state index contributed by atoms with van der Waals surface area (Å²) in [6.45, 7) is -0.390. The topological polar surface area (TPSA) is 269 Å². The number of phosphoric acid groups is 2.